The molecule has 0 aromatic heterocycles. The third-order valence-electron chi connectivity index (χ3n) is 2.63. The molecule has 0 aliphatic carbocycles. The fourth-order valence-corrected chi connectivity index (χ4v) is 4.24. The van der Waals surface area contributed by atoms with Gasteiger partial charge in [-0.2, -0.15) is 0 Å². The average molecular weight is 427 g/mol. The summed E-state index contributed by atoms with van der Waals surface area (Å²) >= 11 is 10.3. The maximum atomic E-state index is 12.0. The Hall–Kier alpha value is 0.0900. The largest absolute Gasteiger partial charge is 0.323 e. The van der Waals surface area contributed by atoms with Gasteiger partial charge in [0.05, 0.1) is 11.7 Å². The van der Waals surface area contributed by atoms with Crippen LogP contribution in [-0.2, 0) is 4.79 Å². The van der Waals surface area contributed by atoms with Crippen LogP contribution in [-0.4, -0.2) is 18.5 Å². The Morgan fingerprint density at radius 3 is 2.47 bits per heavy atom. The van der Waals surface area contributed by atoms with E-state index in [-0.39, 0.29) is 11.9 Å². The van der Waals surface area contributed by atoms with Crippen molar-refractivity contribution in [3.05, 3.63) is 25.6 Å². The Morgan fingerprint density at radius 2 is 1.94 bits per heavy atom. The third kappa shape index (κ3) is 3.30. The Kier molecular flexibility index (Phi) is 4.63. The second-order valence-corrected chi connectivity index (χ2v) is 6.51. The number of hydrogen-bond donors (Lipinski definition) is 2. The van der Waals surface area contributed by atoms with Crippen LogP contribution in [0.3, 0.4) is 0 Å². The number of benzene rings is 1. The molecule has 6 heteroatoms. The van der Waals surface area contributed by atoms with Crippen molar-refractivity contribution in [2.24, 2.45) is 0 Å². The molecular weight excluding hydrogens is 416 g/mol. The molecule has 0 saturated carbocycles. The van der Waals surface area contributed by atoms with E-state index in [1.54, 1.807) is 0 Å². The SMILES string of the molecule is O=C(Nc1c(Br)cc(Br)cc1Br)C1CCCN1. The highest BCUT2D eigenvalue weighted by Crippen LogP contribution is 2.34. The molecule has 1 aliphatic rings. The van der Waals surface area contributed by atoms with Gasteiger partial charge in [0.25, 0.3) is 0 Å². The normalized spacial score (nSPS) is 19.4. The van der Waals surface area contributed by atoms with E-state index < -0.39 is 0 Å². The lowest BCUT2D eigenvalue weighted by molar-refractivity contribution is -0.117. The fraction of sp³-hybridized carbons (Fsp3) is 0.364. The predicted octanol–water partition coefficient (Wildman–Crippen LogP) is 3.66. The van der Waals surface area contributed by atoms with Gasteiger partial charge in [0.2, 0.25) is 5.91 Å². The minimum absolute atomic E-state index is 0.0197. The Labute approximate surface area is 125 Å². The van der Waals surface area contributed by atoms with Crippen LogP contribution in [0.25, 0.3) is 0 Å². The molecule has 2 N–H and O–H groups in total. The number of amides is 1. The van der Waals surface area contributed by atoms with Crippen molar-refractivity contribution in [3.8, 4) is 0 Å². The van der Waals surface area contributed by atoms with Gasteiger partial charge in [0, 0.05) is 13.4 Å². The molecule has 1 heterocycles. The number of hydrogen-bond acceptors (Lipinski definition) is 2. The number of rotatable bonds is 2. The molecule has 1 unspecified atom stereocenters. The van der Waals surface area contributed by atoms with E-state index in [0.717, 1.165) is 38.5 Å². The zero-order chi connectivity index (χ0) is 12.4. The van der Waals surface area contributed by atoms with Gasteiger partial charge in [-0.15, -0.1) is 0 Å². The van der Waals surface area contributed by atoms with Crippen molar-refractivity contribution >= 4 is 59.4 Å². The van der Waals surface area contributed by atoms with E-state index in [4.69, 9.17) is 0 Å². The van der Waals surface area contributed by atoms with Crippen LogP contribution in [0.15, 0.2) is 25.6 Å². The van der Waals surface area contributed by atoms with E-state index in [9.17, 15) is 4.79 Å². The van der Waals surface area contributed by atoms with E-state index in [1.807, 2.05) is 12.1 Å². The summed E-state index contributed by atoms with van der Waals surface area (Å²) in [7, 11) is 0. The summed E-state index contributed by atoms with van der Waals surface area (Å²) in [5, 5.41) is 6.11. The molecule has 1 amide bonds. The number of carbonyl (C=O) groups excluding carboxylic acids is 1. The molecule has 0 radical (unpaired) electrons. The van der Waals surface area contributed by atoms with Crippen molar-refractivity contribution in [2.45, 2.75) is 18.9 Å². The van der Waals surface area contributed by atoms with Gasteiger partial charge in [-0.1, -0.05) is 15.9 Å². The lowest BCUT2D eigenvalue weighted by Gasteiger charge is -2.14. The lowest BCUT2D eigenvalue weighted by Crippen LogP contribution is -2.35. The Balaban J connectivity index is 2.15. The second-order valence-electron chi connectivity index (χ2n) is 3.88. The van der Waals surface area contributed by atoms with Gasteiger partial charge < -0.3 is 10.6 Å². The molecular formula is C11H11Br3N2O. The topological polar surface area (TPSA) is 41.1 Å². The summed E-state index contributed by atoms with van der Waals surface area (Å²) in [5.41, 5.74) is 0.770. The first-order valence-electron chi connectivity index (χ1n) is 5.26. The maximum Gasteiger partial charge on any atom is 0.241 e. The van der Waals surface area contributed by atoms with Crippen LogP contribution in [0, 0.1) is 0 Å². The lowest BCUT2D eigenvalue weighted by atomic mass is 10.2. The van der Waals surface area contributed by atoms with E-state index in [1.165, 1.54) is 0 Å². The van der Waals surface area contributed by atoms with Gasteiger partial charge >= 0.3 is 0 Å². The quantitative estimate of drug-likeness (QED) is 0.757. The van der Waals surface area contributed by atoms with Crippen LogP contribution in [0.2, 0.25) is 0 Å². The second kappa shape index (κ2) is 5.82. The summed E-state index contributed by atoms with van der Waals surface area (Å²) in [6, 6.07) is 3.74. The molecule has 1 aromatic rings. The molecule has 3 nitrogen and oxygen atoms in total. The van der Waals surface area contributed by atoms with Crippen molar-refractivity contribution in [3.63, 3.8) is 0 Å². The highest BCUT2D eigenvalue weighted by molar-refractivity contribution is 9.11. The van der Waals surface area contributed by atoms with Crippen LogP contribution < -0.4 is 10.6 Å². The van der Waals surface area contributed by atoms with Crippen LogP contribution >= 0.6 is 47.8 Å². The van der Waals surface area contributed by atoms with E-state index >= 15 is 0 Å². The number of halogens is 3. The fourth-order valence-electron chi connectivity index (χ4n) is 1.78. The molecule has 92 valence electrons. The molecule has 0 bridgehead atoms. The van der Waals surface area contributed by atoms with E-state index in [2.05, 4.69) is 58.4 Å². The summed E-state index contributed by atoms with van der Waals surface area (Å²) in [4.78, 5) is 12.0. The van der Waals surface area contributed by atoms with Crippen molar-refractivity contribution < 1.29 is 4.79 Å². The van der Waals surface area contributed by atoms with E-state index in [0.29, 0.717) is 0 Å². The van der Waals surface area contributed by atoms with Gasteiger partial charge in [-0.05, 0) is 63.4 Å². The van der Waals surface area contributed by atoms with Crippen LogP contribution in [0.1, 0.15) is 12.8 Å². The smallest absolute Gasteiger partial charge is 0.241 e. The molecule has 2 rings (SSSR count). The number of carbonyl (C=O) groups is 1. The molecule has 1 aromatic carbocycles. The summed E-state index contributed by atoms with van der Waals surface area (Å²) < 4.78 is 2.66. The third-order valence-corrected chi connectivity index (χ3v) is 4.34. The molecule has 1 aliphatic heterocycles. The van der Waals surface area contributed by atoms with Gasteiger partial charge in [0.1, 0.15) is 0 Å². The summed E-state index contributed by atoms with van der Waals surface area (Å²) in [6.07, 6.45) is 1.96. The maximum absolute atomic E-state index is 12.0. The monoisotopic (exact) mass is 424 g/mol. The molecule has 0 spiro atoms. The number of nitrogens with one attached hydrogen (secondary N) is 2. The standard InChI is InChI=1S/C11H11Br3N2O/c12-6-4-7(13)10(8(14)5-6)16-11(17)9-2-1-3-15-9/h4-5,9,15H,1-3H2,(H,16,17). The average Bonchev–Trinajstić information content (AvgIpc) is 2.76. The first kappa shape index (κ1) is 13.5. The first-order valence-corrected chi connectivity index (χ1v) is 7.64. The minimum atomic E-state index is -0.0718. The molecule has 1 fully saturated rings. The zero-order valence-corrected chi connectivity index (χ0v) is 13.7. The van der Waals surface area contributed by atoms with Gasteiger partial charge in [0.15, 0.2) is 0 Å². The Bertz CT molecular complexity index is 421. The van der Waals surface area contributed by atoms with Crippen molar-refractivity contribution in [1.29, 1.82) is 0 Å². The molecule has 17 heavy (non-hydrogen) atoms. The van der Waals surface area contributed by atoms with Crippen LogP contribution in [0.4, 0.5) is 5.69 Å². The van der Waals surface area contributed by atoms with Crippen LogP contribution in [0.5, 0.6) is 0 Å². The highest BCUT2D eigenvalue weighted by Gasteiger charge is 2.23. The number of anilines is 1. The summed E-state index contributed by atoms with van der Waals surface area (Å²) in [6.45, 7) is 0.917. The molecule has 1 atom stereocenters. The van der Waals surface area contributed by atoms with Gasteiger partial charge in [-0.3, -0.25) is 4.79 Å². The predicted molar refractivity (Wildman–Crippen MR) is 79.2 cm³/mol. The van der Waals surface area contributed by atoms with Crippen molar-refractivity contribution in [1.82, 2.24) is 5.32 Å². The van der Waals surface area contributed by atoms with Gasteiger partial charge in [-0.25, -0.2) is 0 Å². The molecule has 1 saturated heterocycles. The minimum Gasteiger partial charge on any atom is -0.323 e. The zero-order valence-electron chi connectivity index (χ0n) is 8.90. The Morgan fingerprint density at radius 1 is 1.29 bits per heavy atom. The van der Waals surface area contributed by atoms with Crippen molar-refractivity contribution in [2.75, 3.05) is 11.9 Å². The first-order chi connectivity index (χ1) is 8.08. The highest BCUT2D eigenvalue weighted by atomic mass is 79.9. The summed E-state index contributed by atoms with van der Waals surface area (Å²) in [5.74, 6) is 0.0197.